The van der Waals surface area contributed by atoms with Crippen molar-refractivity contribution in [2.75, 3.05) is 0 Å². The summed E-state index contributed by atoms with van der Waals surface area (Å²) < 4.78 is 5.68. The molecule has 1 aromatic heterocycles. The van der Waals surface area contributed by atoms with Gasteiger partial charge in [0.1, 0.15) is 12.1 Å². The van der Waals surface area contributed by atoms with Crippen LogP contribution < -0.4 is 5.32 Å². The highest BCUT2D eigenvalue weighted by atomic mass is 16.4. The standard InChI is InChI=1S/C21H18N4O3/c26-19-21(12-6-10-14-7-4-5-11-16(14)21)22-20(27)25(19)13-17-23-24-18(28-17)15-8-2-1-3-9-15/h1-5,7-9,11H,6,10,12-13H2,(H,22,27)/t21-/m1/s1. The second kappa shape index (κ2) is 6.30. The zero-order valence-corrected chi connectivity index (χ0v) is 15.1. The Hall–Kier alpha value is -3.48. The molecule has 2 aromatic carbocycles. The lowest BCUT2D eigenvalue weighted by Gasteiger charge is -2.33. The van der Waals surface area contributed by atoms with Crippen LogP contribution in [0.15, 0.2) is 59.0 Å². The molecule has 3 aromatic rings. The van der Waals surface area contributed by atoms with Crippen LogP contribution in [0.5, 0.6) is 0 Å². The Morgan fingerprint density at radius 3 is 2.68 bits per heavy atom. The van der Waals surface area contributed by atoms with Gasteiger partial charge in [-0.1, -0.05) is 42.5 Å². The summed E-state index contributed by atoms with van der Waals surface area (Å²) in [6.45, 7) is -0.0472. The lowest BCUT2D eigenvalue weighted by molar-refractivity contribution is -0.132. The van der Waals surface area contributed by atoms with Gasteiger partial charge in [-0.05, 0) is 42.5 Å². The van der Waals surface area contributed by atoms with Crippen molar-refractivity contribution in [1.29, 1.82) is 0 Å². The third kappa shape index (κ3) is 2.51. The molecule has 0 radical (unpaired) electrons. The number of urea groups is 1. The van der Waals surface area contributed by atoms with E-state index in [4.69, 9.17) is 4.42 Å². The SMILES string of the molecule is O=C1N[C@@]2(CCCc3ccccc32)C(=O)N1Cc1nnc(-c2ccccc2)o1. The highest BCUT2D eigenvalue weighted by Crippen LogP contribution is 2.40. The van der Waals surface area contributed by atoms with Crippen LogP contribution in [0.2, 0.25) is 0 Å². The molecule has 3 amide bonds. The van der Waals surface area contributed by atoms with Crippen molar-refractivity contribution in [3.63, 3.8) is 0 Å². The molecule has 1 aliphatic heterocycles. The smallest absolute Gasteiger partial charge is 0.325 e. The Morgan fingerprint density at radius 2 is 1.82 bits per heavy atom. The molecule has 1 N–H and O–H groups in total. The van der Waals surface area contributed by atoms with Gasteiger partial charge >= 0.3 is 6.03 Å². The highest BCUT2D eigenvalue weighted by Gasteiger charge is 2.54. The van der Waals surface area contributed by atoms with E-state index < -0.39 is 11.6 Å². The van der Waals surface area contributed by atoms with Crippen molar-refractivity contribution in [3.8, 4) is 11.5 Å². The van der Waals surface area contributed by atoms with Crippen LogP contribution in [0.25, 0.3) is 11.5 Å². The normalized spacial score (nSPS) is 21.1. The summed E-state index contributed by atoms with van der Waals surface area (Å²) in [7, 11) is 0. The van der Waals surface area contributed by atoms with Gasteiger partial charge in [-0.15, -0.1) is 10.2 Å². The van der Waals surface area contributed by atoms with Crippen LogP contribution in [0.1, 0.15) is 29.9 Å². The first kappa shape index (κ1) is 16.7. The Bertz CT molecular complexity index is 1060. The predicted octanol–water partition coefficient (Wildman–Crippen LogP) is 3.02. The number of hydrogen-bond donors (Lipinski definition) is 1. The van der Waals surface area contributed by atoms with Crippen molar-refractivity contribution >= 4 is 11.9 Å². The van der Waals surface area contributed by atoms with Gasteiger partial charge in [-0.25, -0.2) is 4.79 Å². The fourth-order valence-electron chi connectivity index (χ4n) is 4.11. The average Bonchev–Trinajstić information content (AvgIpc) is 3.29. The van der Waals surface area contributed by atoms with Gasteiger partial charge in [0.25, 0.3) is 5.91 Å². The number of fused-ring (bicyclic) bond motifs is 2. The quantitative estimate of drug-likeness (QED) is 0.712. The number of rotatable bonds is 3. The zero-order chi connectivity index (χ0) is 19.1. The number of nitrogens with zero attached hydrogens (tertiary/aromatic N) is 3. The number of imide groups is 1. The maximum Gasteiger partial charge on any atom is 0.325 e. The lowest BCUT2D eigenvalue weighted by Crippen LogP contribution is -2.46. The van der Waals surface area contributed by atoms with Crippen LogP contribution in [-0.4, -0.2) is 27.0 Å². The number of aromatic nitrogens is 2. The van der Waals surface area contributed by atoms with Gasteiger partial charge < -0.3 is 9.73 Å². The number of carbonyl (C=O) groups excluding carboxylic acids is 2. The predicted molar refractivity (Wildman–Crippen MR) is 99.9 cm³/mol. The molecular weight excluding hydrogens is 356 g/mol. The molecule has 0 unspecified atom stereocenters. The van der Waals surface area contributed by atoms with E-state index in [1.165, 1.54) is 4.90 Å². The van der Waals surface area contributed by atoms with Gasteiger partial charge in [0.05, 0.1) is 0 Å². The second-order valence-corrected chi connectivity index (χ2v) is 7.10. The minimum atomic E-state index is -0.992. The maximum absolute atomic E-state index is 13.3. The van der Waals surface area contributed by atoms with Crippen molar-refractivity contribution < 1.29 is 14.0 Å². The van der Waals surface area contributed by atoms with E-state index in [1.807, 2.05) is 54.6 Å². The molecule has 28 heavy (non-hydrogen) atoms. The molecule has 0 bridgehead atoms. The molecule has 1 spiro atoms. The van der Waals surface area contributed by atoms with E-state index in [9.17, 15) is 9.59 Å². The molecule has 2 heterocycles. The van der Waals surface area contributed by atoms with Gasteiger partial charge in [-0.2, -0.15) is 0 Å². The van der Waals surface area contributed by atoms with Crippen molar-refractivity contribution in [3.05, 3.63) is 71.6 Å². The fraction of sp³-hybridized carbons (Fsp3) is 0.238. The summed E-state index contributed by atoms with van der Waals surface area (Å²) in [5.74, 6) is 0.327. The second-order valence-electron chi connectivity index (χ2n) is 7.10. The van der Waals surface area contributed by atoms with Crippen LogP contribution in [0.4, 0.5) is 4.79 Å². The van der Waals surface area contributed by atoms with Gasteiger partial charge in [0, 0.05) is 5.56 Å². The Labute approximate surface area is 161 Å². The zero-order valence-electron chi connectivity index (χ0n) is 15.1. The molecule has 5 rings (SSSR count). The monoisotopic (exact) mass is 374 g/mol. The first-order valence-corrected chi connectivity index (χ1v) is 9.28. The first-order valence-electron chi connectivity index (χ1n) is 9.28. The fourth-order valence-corrected chi connectivity index (χ4v) is 4.11. The van der Waals surface area contributed by atoms with Crippen LogP contribution in [0.3, 0.4) is 0 Å². The number of nitrogens with one attached hydrogen (secondary N) is 1. The van der Waals surface area contributed by atoms with E-state index in [1.54, 1.807) is 0 Å². The Kier molecular flexibility index (Phi) is 3.75. The molecule has 1 fully saturated rings. The van der Waals surface area contributed by atoms with Crippen LogP contribution in [-0.2, 0) is 23.3 Å². The lowest BCUT2D eigenvalue weighted by atomic mass is 9.76. The number of benzene rings is 2. The summed E-state index contributed by atoms with van der Waals surface area (Å²) in [6.07, 6.45) is 2.34. The van der Waals surface area contributed by atoms with Crippen molar-refractivity contribution in [1.82, 2.24) is 20.4 Å². The van der Waals surface area contributed by atoms with E-state index >= 15 is 0 Å². The Balaban J connectivity index is 1.43. The van der Waals surface area contributed by atoms with E-state index in [2.05, 4.69) is 15.5 Å². The minimum absolute atomic E-state index is 0.0472. The third-order valence-electron chi connectivity index (χ3n) is 5.43. The van der Waals surface area contributed by atoms with E-state index in [0.29, 0.717) is 12.3 Å². The minimum Gasteiger partial charge on any atom is -0.419 e. The maximum atomic E-state index is 13.3. The summed E-state index contributed by atoms with van der Waals surface area (Å²) in [5, 5.41) is 11.0. The number of hydrogen-bond acceptors (Lipinski definition) is 5. The number of carbonyl (C=O) groups is 2. The first-order chi connectivity index (χ1) is 13.7. The Morgan fingerprint density at radius 1 is 1.04 bits per heavy atom. The molecule has 1 aliphatic carbocycles. The number of amides is 3. The third-order valence-corrected chi connectivity index (χ3v) is 5.43. The van der Waals surface area contributed by atoms with E-state index in [0.717, 1.165) is 29.5 Å². The highest BCUT2D eigenvalue weighted by molar-refractivity contribution is 6.07. The molecule has 1 saturated heterocycles. The number of aryl methyl sites for hydroxylation is 1. The van der Waals surface area contributed by atoms with Gasteiger partial charge in [-0.3, -0.25) is 9.69 Å². The molecular formula is C21H18N4O3. The summed E-state index contributed by atoms with van der Waals surface area (Å²) in [6, 6.07) is 16.7. The topological polar surface area (TPSA) is 88.3 Å². The molecule has 2 aliphatic rings. The summed E-state index contributed by atoms with van der Waals surface area (Å²) >= 11 is 0. The average molecular weight is 374 g/mol. The summed E-state index contributed by atoms with van der Waals surface area (Å²) in [5.41, 5.74) is 1.79. The molecule has 140 valence electrons. The van der Waals surface area contributed by atoms with Crippen LogP contribution in [0, 0.1) is 0 Å². The van der Waals surface area contributed by atoms with Gasteiger partial charge in [0.15, 0.2) is 0 Å². The van der Waals surface area contributed by atoms with Gasteiger partial charge in [0.2, 0.25) is 11.8 Å². The molecule has 7 heteroatoms. The molecule has 0 saturated carbocycles. The molecule has 1 atom stereocenters. The largest absolute Gasteiger partial charge is 0.419 e. The van der Waals surface area contributed by atoms with Crippen LogP contribution >= 0.6 is 0 Å². The summed E-state index contributed by atoms with van der Waals surface area (Å²) in [4.78, 5) is 27.1. The van der Waals surface area contributed by atoms with Crippen molar-refractivity contribution in [2.24, 2.45) is 0 Å². The van der Waals surface area contributed by atoms with Crippen molar-refractivity contribution in [2.45, 2.75) is 31.3 Å². The van der Waals surface area contributed by atoms with E-state index in [-0.39, 0.29) is 18.3 Å². The molecule has 7 nitrogen and oxygen atoms in total.